The first-order valence-electron chi connectivity index (χ1n) is 5.27. The second-order valence-corrected chi connectivity index (χ2v) is 5.16. The number of nitrogens with two attached hydrogens (primary N) is 1. The number of hydrogen-bond donors (Lipinski definition) is 1. The smallest absolute Gasteiger partial charge is 0.111 e. The third-order valence-electron chi connectivity index (χ3n) is 3.20. The standard InChI is InChI=1S/C10H15N3S/c11-8-3-5-13(7-1-2-7)9(8)10-12-4-6-14-10/h4,6-9H,1-3,5,11H2. The number of hydrogen-bond acceptors (Lipinski definition) is 4. The molecule has 76 valence electrons. The quantitative estimate of drug-likeness (QED) is 0.800. The number of nitrogens with zero attached hydrogens (tertiary/aromatic N) is 2. The molecule has 1 aliphatic carbocycles. The minimum absolute atomic E-state index is 0.293. The normalized spacial score (nSPS) is 33.8. The van der Waals surface area contributed by atoms with Crippen LogP contribution in [0.25, 0.3) is 0 Å². The fourth-order valence-corrected chi connectivity index (χ4v) is 3.19. The highest BCUT2D eigenvalue weighted by Crippen LogP contribution is 2.40. The van der Waals surface area contributed by atoms with Gasteiger partial charge in [-0.05, 0) is 19.3 Å². The SMILES string of the molecule is NC1CCN(C2CC2)C1c1nccs1. The Labute approximate surface area is 87.9 Å². The van der Waals surface area contributed by atoms with Crippen molar-refractivity contribution in [2.24, 2.45) is 5.73 Å². The van der Waals surface area contributed by atoms with Crippen LogP contribution in [0.2, 0.25) is 0 Å². The third kappa shape index (κ3) is 1.38. The molecule has 0 bridgehead atoms. The molecule has 14 heavy (non-hydrogen) atoms. The molecule has 1 saturated heterocycles. The van der Waals surface area contributed by atoms with Crippen molar-refractivity contribution in [2.45, 2.75) is 37.4 Å². The first-order chi connectivity index (χ1) is 6.86. The molecule has 2 atom stereocenters. The lowest BCUT2D eigenvalue weighted by atomic mass is 10.1. The summed E-state index contributed by atoms with van der Waals surface area (Å²) in [5.41, 5.74) is 6.15. The van der Waals surface area contributed by atoms with Crippen LogP contribution >= 0.6 is 11.3 Å². The largest absolute Gasteiger partial charge is 0.326 e. The summed E-state index contributed by atoms with van der Waals surface area (Å²) in [6.07, 6.45) is 5.72. The Morgan fingerprint density at radius 2 is 2.29 bits per heavy atom. The lowest BCUT2D eigenvalue weighted by Crippen LogP contribution is -2.33. The highest BCUT2D eigenvalue weighted by molar-refractivity contribution is 7.09. The van der Waals surface area contributed by atoms with E-state index in [2.05, 4.69) is 9.88 Å². The first-order valence-corrected chi connectivity index (χ1v) is 6.15. The fourth-order valence-electron chi connectivity index (χ4n) is 2.36. The average molecular weight is 209 g/mol. The fraction of sp³-hybridized carbons (Fsp3) is 0.700. The maximum Gasteiger partial charge on any atom is 0.111 e. The van der Waals surface area contributed by atoms with Gasteiger partial charge in [-0.1, -0.05) is 0 Å². The highest BCUT2D eigenvalue weighted by atomic mass is 32.1. The minimum Gasteiger partial charge on any atom is -0.326 e. The molecule has 2 unspecified atom stereocenters. The number of rotatable bonds is 2. The van der Waals surface area contributed by atoms with E-state index in [9.17, 15) is 0 Å². The molecule has 4 heteroatoms. The molecular weight excluding hydrogens is 194 g/mol. The second kappa shape index (κ2) is 3.29. The van der Waals surface area contributed by atoms with Gasteiger partial charge in [-0.25, -0.2) is 4.98 Å². The van der Waals surface area contributed by atoms with Gasteiger partial charge in [-0.15, -0.1) is 11.3 Å². The third-order valence-corrected chi connectivity index (χ3v) is 4.05. The van der Waals surface area contributed by atoms with E-state index < -0.39 is 0 Å². The van der Waals surface area contributed by atoms with E-state index in [1.54, 1.807) is 11.3 Å². The van der Waals surface area contributed by atoms with E-state index in [-0.39, 0.29) is 0 Å². The molecular formula is C10H15N3S. The van der Waals surface area contributed by atoms with E-state index in [0.29, 0.717) is 12.1 Å². The molecule has 0 aromatic carbocycles. The van der Waals surface area contributed by atoms with E-state index in [1.807, 2.05) is 11.6 Å². The van der Waals surface area contributed by atoms with Crippen LogP contribution < -0.4 is 5.73 Å². The van der Waals surface area contributed by atoms with Crippen molar-refractivity contribution in [3.05, 3.63) is 16.6 Å². The van der Waals surface area contributed by atoms with Gasteiger partial charge in [0.1, 0.15) is 5.01 Å². The van der Waals surface area contributed by atoms with Gasteiger partial charge in [0, 0.05) is 30.2 Å². The van der Waals surface area contributed by atoms with Crippen LogP contribution in [0.4, 0.5) is 0 Å². The molecule has 3 nitrogen and oxygen atoms in total. The summed E-state index contributed by atoms with van der Waals surface area (Å²) in [4.78, 5) is 6.96. The molecule has 1 aliphatic heterocycles. The molecule has 1 aromatic rings. The second-order valence-electron chi connectivity index (χ2n) is 4.24. The number of thiazole rings is 1. The predicted octanol–water partition coefficient (Wildman–Crippen LogP) is 1.38. The Balaban J connectivity index is 1.86. The molecule has 2 aliphatic rings. The van der Waals surface area contributed by atoms with Gasteiger partial charge in [-0.2, -0.15) is 0 Å². The Bertz CT molecular complexity index is 307. The zero-order chi connectivity index (χ0) is 9.54. The van der Waals surface area contributed by atoms with Crippen molar-refractivity contribution in [1.29, 1.82) is 0 Å². The topological polar surface area (TPSA) is 42.1 Å². The summed E-state index contributed by atoms with van der Waals surface area (Å²) in [5, 5.41) is 3.26. The van der Waals surface area contributed by atoms with E-state index in [4.69, 9.17) is 5.73 Å². The van der Waals surface area contributed by atoms with Crippen LogP contribution in [0, 0.1) is 0 Å². The van der Waals surface area contributed by atoms with Crippen molar-refractivity contribution >= 4 is 11.3 Å². The summed E-state index contributed by atoms with van der Waals surface area (Å²) in [6, 6.07) is 1.50. The maximum atomic E-state index is 6.15. The lowest BCUT2D eigenvalue weighted by Gasteiger charge is -2.24. The Hall–Kier alpha value is -0.450. The van der Waals surface area contributed by atoms with Gasteiger partial charge >= 0.3 is 0 Å². The summed E-state index contributed by atoms with van der Waals surface area (Å²) in [5.74, 6) is 0. The Kier molecular flexibility index (Phi) is 2.08. The van der Waals surface area contributed by atoms with Crippen molar-refractivity contribution in [3.8, 4) is 0 Å². The van der Waals surface area contributed by atoms with E-state index >= 15 is 0 Å². The van der Waals surface area contributed by atoms with E-state index in [0.717, 1.165) is 19.0 Å². The summed E-state index contributed by atoms with van der Waals surface area (Å²) < 4.78 is 0. The summed E-state index contributed by atoms with van der Waals surface area (Å²) >= 11 is 1.74. The van der Waals surface area contributed by atoms with Crippen LogP contribution in [0.1, 0.15) is 30.3 Å². The van der Waals surface area contributed by atoms with Crippen LogP contribution in [0.3, 0.4) is 0 Å². The average Bonchev–Trinajstić information content (AvgIpc) is 2.75. The molecule has 3 rings (SSSR count). The highest BCUT2D eigenvalue weighted by Gasteiger charge is 2.42. The van der Waals surface area contributed by atoms with Crippen molar-refractivity contribution in [2.75, 3.05) is 6.54 Å². The monoisotopic (exact) mass is 209 g/mol. The van der Waals surface area contributed by atoms with Gasteiger partial charge in [0.2, 0.25) is 0 Å². The van der Waals surface area contributed by atoms with Crippen LogP contribution in [0.15, 0.2) is 11.6 Å². The van der Waals surface area contributed by atoms with Crippen molar-refractivity contribution in [3.63, 3.8) is 0 Å². The lowest BCUT2D eigenvalue weighted by molar-refractivity contribution is 0.237. The molecule has 1 saturated carbocycles. The van der Waals surface area contributed by atoms with Gasteiger partial charge in [0.05, 0.1) is 6.04 Å². The van der Waals surface area contributed by atoms with Gasteiger partial charge < -0.3 is 5.73 Å². The summed E-state index contributed by atoms with van der Waals surface area (Å²) in [6.45, 7) is 1.16. The van der Waals surface area contributed by atoms with Crippen molar-refractivity contribution in [1.82, 2.24) is 9.88 Å². The zero-order valence-electron chi connectivity index (χ0n) is 8.10. The minimum atomic E-state index is 0.293. The van der Waals surface area contributed by atoms with Crippen molar-refractivity contribution < 1.29 is 0 Å². The Morgan fingerprint density at radius 1 is 1.43 bits per heavy atom. The maximum absolute atomic E-state index is 6.15. The molecule has 0 amide bonds. The first kappa shape index (κ1) is 8.83. The van der Waals surface area contributed by atoms with E-state index in [1.165, 1.54) is 17.8 Å². The molecule has 2 N–H and O–H groups in total. The molecule has 2 fully saturated rings. The van der Waals surface area contributed by atoms with Gasteiger partial charge in [0.25, 0.3) is 0 Å². The van der Waals surface area contributed by atoms with Crippen LogP contribution in [-0.4, -0.2) is 28.5 Å². The van der Waals surface area contributed by atoms with Crippen LogP contribution in [-0.2, 0) is 0 Å². The summed E-state index contributed by atoms with van der Waals surface area (Å²) in [7, 11) is 0. The van der Waals surface area contributed by atoms with Crippen LogP contribution in [0.5, 0.6) is 0 Å². The molecule has 2 heterocycles. The molecule has 1 aromatic heterocycles. The van der Waals surface area contributed by atoms with Gasteiger partial charge in [-0.3, -0.25) is 4.90 Å². The Morgan fingerprint density at radius 3 is 2.93 bits per heavy atom. The molecule has 0 radical (unpaired) electrons. The zero-order valence-corrected chi connectivity index (χ0v) is 8.91. The molecule has 0 spiro atoms. The van der Waals surface area contributed by atoms with Gasteiger partial charge in [0.15, 0.2) is 0 Å². The number of likely N-dealkylation sites (tertiary alicyclic amines) is 1. The predicted molar refractivity (Wildman–Crippen MR) is 57.2 cm³/mol. The number of aromatic nitrogens is 1.